The van der Waals surface area contributed by atoms with Gasteiger partial charge in [0.15, 0.2) is 0 Å². The van der Waals surface area contributed by atoms with Crippen molar-refractivity contribution >= 4 is 11.9 Å². The number of ether oxygens (including phenoxy) is 2. The van der Waals surface area contributed by atoms with Crippen LogP contribution in [-0.4, -0.2) is 43.4 Å². The van der Waals surface area contributed by atoms with Crippen LogP contribution in [0.3, 0.4) is 0 Å². The van der Waals surface area contributed by atoms with Gasteiger partial charge in [-0.2, -0.15) is 13.2 Å². The molecule has 6 nitrogen and oxygen atoms in total. The summed E-state index contributed by atoms with van der Waals surface area (Å²) in [6, 6.07) is 1.93. The van der Waals surface area contributed by atoms with E-state index in [1.807, 2.05) is 5.32 Å². The van der Waals surface area contributed by atoms with E-state index in [0.29, 0.717) is 5.75 Å². The van der Waals surface area contributed by atoms with E-state index in [-0.39, 0.29) is 11.3 Å². The number of nitrogens with one attached hydrogen (secondary N) is 1. The number of alkyl halides is 3. The lowest BCUT2D eigenvalue weighted by atomic mass is 10.1. The van der Waals surface area contributed by atoms with Gasteiger partial charge in [-0.1, -0.05) is 0 Å². The maximum atomic E-state index is 12.3. The molecule has 0 saturated carbocycles. The molecule has 122 valence electrons. The van der Waals surface area contributed by atoms with Crippen molar-refractivity contribution in [3.8, 4) is 11.5 Å². The van der Waals surface area contributed by atoms with E-state index in [4.69, 9.17) is 14.6 Å². The highest BCUT2D eigenvalue weighted by atomic mass is 19.4. The smallest absolute Gasteiger partial charge is 0.391 e. The molecular weight excluding hydrogens is 307 g/mol. The zero-order chi connectivity index (χ0) is 16.9. The Morgan fingerprint density at radius 1 is 1.27 bits per heavy atom. The Kier molecular flexibility index (Phi) is 5.61. The predicted octanol–water partition coefficient (Wildman–Crippen LogP) is 1.84. The number of carboxylic acids is 1. The molecule has 2 N–H and O–H groups in total. The van der Waals surface area contributed by atoms with Gasteiger partial charge in [0.25, 0.3) is 5.91 Å². The van der Waals surface area contributed by atoms with Gasteiger partial charge in [-0.3, -0.25) is 4.79 Å². The van der Waals surface area contributed by atoms with Crippen LogP contribution in [0.4, 0.5) is 13.2 Å². The summed E-state index contributed by atoms with van der Waals surface area (Å²) in [7, 11) is 2.65. The van der Waals surface area contributed by atoms with Gasteiger partial charge in [-0.15, -0.1) is 0 Å². The second-order valence-electron chi connectivity index (χ2n) is 4.25. The highest BCUT2D eigenvalue weighted by molar-refractivity contribution is 5.99. The Balaban J connectivity index is 2.97. The molecule has 22 heavy (non-hydrogen) atoms. The number of carboxylic acid groups (broad SMARTS) is 1. The Hall–Kier alpha value is -2.45. The summed E-state index contributed by atoms with van der Waals surface area (Å²) in [5.41, 5.74) is -0.100. The van der Waals surface area contributed by atoms with Crippen LogP contribution in [0.5, 0.6) is 11.5 Å². The number of methoxy groups -OCH3 is 2. The number of hydrogen-bond donors (Lipinski definition) is 2. The molecule has 1 aromatic carbocycles. The Morgan fingerprint density at radius 2 is 1.91 bits per heavy atom. The van der Waals surface area contributed by atoms with Crippen molar-refractivity contribution in [3.05, 3.63) is 23.8 Å². The van der Waals surface area contributed by atoms with Crippen LogP contribution < -0.4 is 14.8 Å². The van der Waals surface area contributed by atoms with Crippen LogP contribution in [0.15, 0.2) is 18.2 Å². The van der Waals surface area contributed by atoms with Crippen molar-refractivity contribution in [1.82, 2.24) is 5.32 Å². The summed E-state index contributed by atoms with van der Waals surface area (Å²) < 4.78 is 46.8. The molecule has 1 rings (SSSR count). The van der Waals surface area contributed by atoms with Gasteiger partial charge in [0, 0.05) is 6.07 Å². The number of hydrogen-bond acceptors (Lipinski definition) is 4. The molecule has 0 aromatic heterocycles. The standard InChI is InChI=1S/C13H14F3NO5/c1-21-7-3-4-8(10(5-7)22-2)11(18)17-9(12(19)20)6-13(14,15)16/h3-5,9H,6H2,1-2H3,(H,17,18)(H,19,20). The number of amides is 1. The average molecular weight is 321 g/mol. The second-order valence-corrected chi connectivity index (χ2v) is 4.25. The molecule has 0 aliphatic rings. The van der Waals surface area contributed by atoms with Gasteiger partial charge < -0.3 is 19.9 Å². The third-order valence-corrected chi connectivity index (χ3v) is 2.69. The van der Waals surface area contributed by atoms with Crippen molar-refractivity contribution in [2.24, 2.45) is 0 Å². The molecule has 1 atom stereocenters. The van der Waals surface area contributed by atoms with Crippen molar-refractivity contribution in [3.63, 3.8) is 0 Å². The maximum absolute atomic E-state index is 12.3. The zero-order valence-electron chi connectivity index (χ0n) is 11.7. The van der Waals surface area contributed by atoms with Crippen LogP contribution in [0.25, 0.3) is 0 Å². The first-order valence-corrected chi connectivity index (χ1v) is 6.00. The Bertz CT molecular complexity index is 559. The molecule has 9 heteroatoms. The molecular formula is C13H14F3NO5. The normalized spacial score (nSPS) is 12.4. The molecule has 0 aliphatic heterocycles. The molecule has 0 spiro atoms. The van der Waals surface area contributed by atoms with Gasteiger partial charge in [0.1, 0.15) is 17.5 Å². The van der Waals surface area contributed by atoms with Gasteiger partial charge in [-0.25, -0.2) is 4.79 Å². The minimum Gasteiger partial charge on any atom is -0.497 e. The fraction of sp³-hybridized carbons (Fsp3) is 0.385. The van der Waals surface area contributed by atoms with E-state index >= 15 is 0 Å². The first-order valence-electron chi connectivity index (χ1n) is 6.00. The van der Waals surface area contributed by atoms with Gasteiger partial charge in [0.2, 0.25) is 0 Å². The van der Waals surface area contributed by atoms with Crippen molar-refractivity contribution in [1.29, 1.82) is 0 Å². The summed E-state index contributed by atoms with van der Waals surface area (Å²) in [5, 5.41) is 10.6. The summed E-state index contributed by atoms with van der Waals surface area (Å²) in [6.07, 6.45) is -6.40. The Labute approximate surface area is 123 Å². The van der Waals surface area contributed by atoms with E-state index in [0.717, 1.165) is 0 Å². The van der Waals surface area contributed by atoms with Gasteiger partial charge in [0.05, 0.1) is 26.2 Å². The maximum Gasteiger partial charge on any atom is 0.391 e. The summed E-state index contributed by atoms with van der Waals surface area (Å²) >= 11 is 0. The number of aliphatic carboxylic acids is 1. The highest BCUT2D eigenvalue weighted by Gasteiger charge is 2.36. The molecule has 1 amide bonds. The van der Waals surface area contributed by atoms with Crippen LogP contribution in [0, 0.1) is 0 Å². The highest BCUT2D eigenvalue weighted by Crippen LogP contribution is 2.25. The monoisotopic (exact) mass is 321 g/mol. The lowest BCUT2D eigenvalue weighted by Crippen LogP contribution is -2.43. The number of carbonyl (C=O) groups is 2. The minimum atomic E-state index is -4.72. The SMILES string of the molecule is COc1ccc(C(=O)NC(CC(F)(F)F)C(=O)O)c(OC)c1. The number of rotatable bonds is 6. The molecule has 0 aliphatic carbocycles. The lowest BCUT2D eigenvalue weighted by Gasteiger charge is -2.17. The van der Waals surface area contributed by atoms with Gasteiger partial charge in [-0.05, 0) is 12.1 Å². The van der Waals surface area contributed by atoms with Crippen LogP contribution in [0.1, 0.15) is 16.8 Å². The molecule has 1 aromatic rings. The summed E-state index contributed by atoms with van der Waals surface area (Å²) in [6.45, 7) is 0. The lowest BCUT2D eigenvalue weighted by molar-refractivity contribution is -0.157. The van der Waals surface area contributed by atoms with E-state index in [1.165, 1.54) is 32.4 Å². The van der Waals surface area contributed by atoms with Gasteiger partial charge >= 0.3 is 12.1 Å². The summed E-state index contributed by atoms with van der Waals surface area (Å²) in [5.74, 6) is -2.35. The van der Waals surface area contributed by atoms with Crippen LogP contribution >= 0.6 is 0 Å². The third-order valence-electron chi connectivity index (χ3n) is 2.69. The third kappa shape index (κ3) is 4.83. The molecule has 0 bridgehead atoms. The molecule has 0 fully saturated rings. The first kappa shape index (κ1) is 17.6. The number of halogens is 3. The molecule has 1 unspecified atom stereocenters. The van der Waals surface area contributed by atoms with E-state index < -0.39 is 30.5 Å². The van der Waals surface area contributed by atoms with E-state index in [9.17, 15) is 22.8 Å². The zero-order valence-corrected chi connectivity index (χ0v) is 11.7. The largest absolute Gasteiger partial charge is 0.497 e. The quantitative estimate of drug-likeness (QED) is 0.835. The second kappa shape index (κ2) is 7.01. The fourth-order valence-electron chi connectivity index (χ4n) is 1.65. The predicted molar refractivity (Wildman–Crippen MR) is 69.1 cm³/mol. The van der Waals surface area contributed by atoms with Crippen LogP contribution in [-0.2, 0) is 4.79 Å². The first-order chi connectivity index (χ1) is 10.2. The van der Waals surface area contributed by atoms with Crippen molar-refractivity contribution in [2.45, 2.75) is 18.6 Å². The fourth-order valence-corrected chi connectivity index (χ4v) is 1.65. The summed E-state index contributed by atoms with van der Waals surface area (Å²) in [4.78, 5) is 22.8. The topological polar surface area (TPSA) is 84.9 Å². The molecule has 0 radical (unpaired) electrons. The number of benzene rings is 1. The van der Waals surface area contributed by atoms with Crippen molar-refractivity contribution in [2.75, 3.05) is 14.2 Å². The molecule has 0 heterocycles. The molecule has 0 saturated heterocycles. The minimum absolute atomic E-state index is 0.0491. The number of carbonyl (C=O) groups excluding carboxylic acids is 1. The van der Waals surface area contributed by atoms with E-state index in [1.54, 1.807) is 0 Å². The van der Waals surface area contributed by atoms with E-state index in [2.05, 4.69) is 0 Å². The van der Waals surface area contributed by atoms with Crippen molar-refractivity contribution < 1.29 is 37.3 Å². The Morgan fingerprint density at radius 3 is 2.36 bits per heavy atom. The average Bonchev–Trinajstić information content (AvgIpc) is 2.44. The van der Waals surface area contributed by atoms with Crippen LogP contribution in [0.2, 0.25) is 0 Å².